The maximum atomic E-state index is 12.0. The summed E-state index contributed by atoms with van der Waals surface area (Å²) in [5.74, 6) is 2.03. The minimum atomic E-state index is 0. The summed E-state index contributed by atoms with van der Waals surface area (Å²) in [6.45, 7) is 11.3. The Morgan fingerprint density at radius 1 is 1.32 bits per heavy atom. The molecule has 8 heteroatoms. The molecule has 156 valence electrons. The molecule has 0 spiro atoms. The fourth-order valence-electron chi connectivity index (χ4n) is 3.05. The van der Waals surface area contributed by atoms with Crippen LogP contribution in [0.5, 0.6) is 0 Å². The van der Waals surface area contributed by atoms with Crippen molar-refractivity contribution in [3.63, 3.8) is 0 Å². The summed E-state index contributed by atoms with van der Waals surface area (Å²) >= 11 is 0. The number of aliphatic imine (C=N–C) groups is 1. The van der Waals surface area contributed by atoms with Gasteiger partial charge in [0.25, 0.3) is 0 Å². The third-order valence-electron chi connectivity index (χ3n) is 4.71. The lowest BCUT2D eigenvalue weighted by Gasteiger charge is -2.36. The lowest BCUT2D eigenvalue weighted by atomic mass is 10.3. The average molecular weight is 501 g/mol. The zero-order chi connectivity index (χ0) is 19.1. The molecule has 0 bridgehead atoms. The summed E-state index contributed by atoms with van der Waals surface area (Å²) in [6.07, 6.45) is 4.78. The van der Waals surface area contributed by atoms with Crippen LogP contribution in [0.1, 0.15) is 25.5 Å². The zero-order valence-electron chi connectivity index (χ0n) is 16.7. The van der Waals surface area contributed by atoms with Gasteiger partial charge < -0.3 is 20.0 Å². The van der Waals surface area contributed by atoms with Crippen molar-refractivity contribution >= 4 is 35.8 Å². The van der Waals surface area contributed by atoms with Gasteiger partial charge in [-0.1, -0.05) is 12.2 Å². The molecule has 3 rings (SSSR count). The minimum absolute atomic E-state index is 0. The molecule has 2 aliphatic rings. The Bertz CT molecular complexity index is 650. The number of guanidine groups is 1. The van der Waals surface area contributed by atoms with E-state index >= 15 is 0 Å². The van der Waals surface area contributed by atoms with Gasteiger partial charge in [-0.15, -0.1) is 24.0 Å². The normalized spacial score (nSPS) is 17.8. The lowest BCUT2D eigenvalue weighted by molar-refractivity contribution is -0.122. The van der Waals surface area contributed by atoms with Gasteiger partial charge in [0.2, 0.25) is 5.91 Å². The molecule has 2 heterocycles. The highest BCUT2D eigenvalue weighted by Crippen LogP contribution is 2.18. The van der Waals surface area contributed by atoms with Crippen molar-refractivity contribution in [2.24, 2.45) is 4.99 Å². The number of carbonyl (C=O) groups is 1. The summed E-state index contributed by atoms with van der Waals surface area (Å²) in [5, 5.41) is 6.51. The second kappa shape index (κ2) is 11.5. The first-order valence-corrected chi connectivity index (χ1v) is 9.82. The summed E-state index contributed by atoms with van der Waals surface area (Å²) in [4.78, 5) is 21.2. The molecule has 0 aromatic carbocycles. The van der Waals surface area contributed by atoms with Gasteiger partial charge >= 0.3 is 0 Å². The van der Waals surface area contributed by atoms with Crippen LogP contribution < -0.4 is 10.6 Å². The van der Waals surface area contributed by atoms with Crippen LogP contribution in [0.3, 0.4) is 0 Å². The van der Waals surface area contributed by atoms with E-state index in [1.54, 1.807) is 6.26 Å². The Kier molecular flexibility index (Phi) is 9.30. The van der Waals surface area contributed by atoms with Crippen molar-refractivity contribution in [1.29, 1.82) is 0 Å². The largest absolute Gasteiger partial charge is 0.469 e. The third kappa shape index (κ3) is 7.83. The van der Waals surface area contributed by atoms with E-state index in [1.807, 2.05) is 19.1 Å². The first kappa shape index (κ1) is 22.7. The molecule has 7 nitrogen and oxygen atoms in total. The Labute approximate surface area is 184 Å². The topological polar surface area (TPSA) is 73.1 Å². The number of nitrogens with one attached hydrogen (secondary N) is 2. The van der Waals surface area contributed by atoms with Crippen molar-refractivity contribution in [2.45, 2.75) is 32.2 Å². The van der Waals surface area contributed by atoms with Crippen LogP contribution in [0.4, 0.5) is 0 Å². The highest BCUT2D eigenvalue weighted by molar-refractivity contribution is 14.0. The van der Waals surface area contributed by atoms with Gasteiger partial charge in [-0.05, 0) is 31.9 Å². The fraction of sp³-hybridized carbons (Fsp3) is 0.600. The number of piperazine rings is 1. The Hall–Kier alpha value is -1.55. The number of furan rings is 1. The maximum absolute atomic E-state index is 12.0. The summed E-state index contributed by atoms with van der Waals surface area (Å²) < 4.78 is 5.39. The molecule has 1 aromatic rings. The van der Waals surface area contributed by atoms with Crippen LogP contribution in [0.25, 0.3) is 0 Å². The smallest absolute Gasteiger partial charge is 0.234 e. The quantitative estimate of drug-likeness (QED) is 0.246. The molecule has 2 fully saturated rings. The molecule has 28 heavy (non-hydrogen) atoms. The van der Waals surface area contributed by atoms with E-state index in [-0.39, 0.29) is 29.9 Å². The van der Waals surface area contributed by atoms with E-state index in [1.165, 1.54) is 0 Å². The molecule has 0 radical (unpaired) electrons. The van der Waals surface area contributed by atoms with Crippen LogP contribution in [0.15, 0.2) is 40.0 Å². The van der Waals surface area contributed by atoms with Crippen LogP contribution in [-0.4, -0.2) is 73.5 Å². The molecular weight excluding hydrogens is 469 g/mol. The molecule has 2 N–H and O–H groups in total. The predicted octanol–water partition coefficient (Wildman–Crippen LogP) is 1.86. The average Bonchev–Trinajstić information content (AvgIpc) is 3.29. The minimum Gasteiger partial charge on any atom is -0.469 e. The van der Waals surface area contributed by atoms with Crippen LogP contribution >= 0.6 is 24.0 Å². The molecule has 1 aliphatic heterocycles. The number of carbonyl (C=O) groups excluding carboxylic acids is 1. The van der Waals surface area contributed by atoms with E-state index < -0.39 is 0 Å². The van der Waals surface area contributed by atoms with E-state index in [2.05, 4.69) is 27.0 Å². The fourth-order valence-corrected chi connectivity index (χ4v) is 3.05. The Morgan fingerprint density at radius 2 is 2.07 bits per heavy atom. The van der Waals surface area contributed by atoms with Crippen LogP contribution in [-0.2, 0) is 11.2 Å². The SMILES string of the molecule is C=C(C)CN=C(NCCc1ccco1)N1CCN(CC(=O)NC2CC2)CC1.I. The zero-order valence-corrected chi connectivity index (χ0v) is 19.0. The number of halogens is 1. The van der Waals surface area contributed by atoms with E-state index in [4.69, 9.17) is 9.41 Å². The number of amides is 1. The van der Waals surface area contributed by atoms with Crippen molar-refractivity contribution < 1.29 is 9.21 Å². The van der Waals surface area contributed by atoms with Gasteiger partial charge in [-0.25, -0.2) is 4.99 Å². The van der Waals surface area contributed by atoms with Gasteiger partial charge in [0.1, 0.15) is 5.76 Å². The standard InChI is InChI=1S/C20H31N5O2.HI/c1-16(2)14-22-20(21-8-7-18-4-3-13-27-18)25-11-9-24(10-12-25)15-19(26)23-17-5-6-17;/h3-4,13,17H,1,5-12,14-15H2,2H3,(H,21,22)(H,23,26);1H. The molecular formula is C20H32IN5O2. The van der Waals surface area contributed by atoms with Crippen molar-refractivity contribution in [2.75, 3.05) is 45.8 Å². The number of rotatable bonds is 8. The van der Waals surface area contributed by atoms with Crippen LogP contribution in [0.2, 0.25) is 0 Å². The van der Waals surface area contributed by atoms with E-state index in [0.29, 0.717) is 19.1 Å². The molecule has 1 aliphatic carbocycles. The number of hydrogen-bond acceptors (Lipinski definition) is 4. The highest BCUT2D eigenvalue weighted by atomic mass is 127. The monoisotopic (exact) mass is 501 g/mol. The molecule has 0 unspecified atom stereocenters. The van der Waals surface area contributed by atoms with Crippen molar-refractivity contribution in [3.8, 4) is 0 Å². The van der Waals surface area contributed by atoms with Crippen molar-refractivity contribution in [3.05, 3.63) is 36.3 Å². The van der Waals surface area contributed by atoms with E-state index in [9.17, 15) is 4.79 Å². The van der Waals surface area contributed by atoms with Gasteiger partial charge in [0.05, 0.1) is 19.4 Å². The maximum Gasteiger partial charge on any atom is 0.234 e. The van der Waals surface area contributed by atoms with Crippen LogP contribution in [0, 0.1) is 0 Å². The molecule has 0 atom stereocenters. The second-order valence-corrected chi connectivity index (χ2v) is 7.46. The summed E-state index contributed by atoms with van der Waals surface area (Å²) in [7, 11) is 0. The number of hydrogen-bond donors (Lipinski definition) is 2. The van der Waals surface area contributed by atoms with E-state index in [0.717, 1.165) is 69.3 Å². The van der Waals surface area contributed by atoms with Crippen molar-refractivity contribution in [1.82, 2.24) is 20.4 Å². The Balaban J connectivity index is 0.00000280. The summed E-state index contributed by atoms with van der Waals surface area (Å²) in [5.41, 5.74) is 1.04. The predicted molar refractivity (Wildman–Crippen MR) is 122 cm³/mol. The molecule has 1 aromatic heterocycles. The summed E-state index contributed by atoms with van der Waals surface area (Å²) in [6, 6.07) is 4.32. The first-order valence-electron chi connectivity index (χ1n) is 9.82. The molecule has 1 saturated heterocycles. The first-order chi connectivity index (χ1) is 13.1. The highest BCUT2D eigenvalue weighted by Gasteiger charge is 2.25. The van der Waals surface area contributed by atoms with Gasteiger partial charge in [0.15, 0.2) is 5.96 Å². The molecule has 1 amide bonds. The van der Waals surface area contributed by atoms with Gasteiger partial charge in [-0.2, -0.15) is 0 Å². The number of nitrogens with zero attached hydrogens (tertiary/aromatic N) is 3. The second-order valence-electron chi connectivity index (χ2n) is 7.46. The van der Waals surface area contributed by atoms with Gasteiger partial charge in [0, 0.05) is 45.2 Å². The lowest BCUT2D eigenvalue weighted by Crippen LogP contribution is -2.54. The third-order valence-corrected chi connectivity index (χ3v) is 4.71. The Morgan fingerprint density at radius 3 is 2.68 bits per heavy atom. The molecule has 1 saturated carbocycles. The van der Waals surface area contributed by atoms with Gasteiger partial charge in [-0.3, -0.25) is 9.69 Å².